The van der Waals surface area contributed by atoms with Crippen molar-refractivity contribution < 1.29 is 9.32 Å². The van der Waals surface area contributed by atoms with Crippen molar-refractivity contribution in [3.8, 4) is 0 Å². The van der Waals surface area contributed by atoms with E-state index in [-0.39, 0.29) is 5.78 Å². The van der Waals surface area contributed by atoms with Gasteiger partial charge in [0.05, 0.1) is 11.8 Å². The molecule has 0 amide bonds. The minimum absolute atomic E-state index is 0.0795. The number of hydrogen-bond donors (Lipinski definition) is 1. The number of benzene rings is 1. The molecule has 1 aliphatic rings. The van der Waals surface area contributed by atoms with Crippen molar-refractivity contribution in [2.75, 3.05) is 12.4 Å². The number of hydrogen-bond acceptors (Lipinski definition) is 4. The van der Waals surface area contributed by atoms with Crippen LogP contribution in [0.25, 0.3) is 0 Å². The van der Waals surface area contributed by atoms with Gasteiger partial charge < -0.3 is 9.84 Å². The quantitative estimate of drug-likeness (QED) is 0.869. The molecule has 3 rings (SSSR count). The lowest BCUT2D eigenvalue weighted by Gasteiger charge is -2.08. The summed E-state index contributed by atoms with van der Waals surface area (Å²) in [6, 6.07) is 5.17. The number of nitrogens with zero attached hydrogens (tertiary/aromatic N) is 1. The predicted octanol–water partition coefficient (Wildman–Crippen LogP) is 3.48. The largest absolute Gasteiger partial charge is 0.387 e. The maximum Gasteiger partial charge on any atom is 0.200 e. The van der Waals surface area contributed by atoms with Crippen LogP contribution >= 0.6 is 11.6 Å². The van der Waals surface area contributed by atoms with Gasteiger partial charge in [0.2, 0.25) is 0 Å². The molecule has 1 heterocycles. The van der Waals surface area contributed by atoms with Crippen LogP contribution in [-0.2, 0) is 0 Å². The first-order valence-electron chi connectivity index (χ1n) is 6.17. The van der Waals surface area contributed by atoms with Crippen LogP contribution in [0.15, 0.2) is 28.9 Å². The van der Waals surface area contributed by atoms with Crippen molar-refractivity contribution in [2.24, 2.45) is 0 Å². The molecule has 1 aliphatic carbocycles. The van der Waals surface area contributed by atoms with E-state index in [9.17, 15) is 4.79 Å². The van der Waals surface area contributed by atoms with Gasteiger partial charge in [-0.3, -0.25) is 4.79 Å². The van der Waals surface area contributed by atoms with E-state index < -0.39 is 0 Å². The van der Waals surface area contributed by atoms with Crippen molar-refractivity contribution in [3.05, 3.63) is 46.3 Å². The van der Waals surface area contributed by atoms with Crippen LogP contribution in [0.1, 0.15) is 40.4 Å². The Bertz CT molecular complexity index is 632. The summed E-state index contributed by atoms with van der Waals surface area (Å²) in [7, 11) is 1.76. The van der Waals surface area contributed by atoms with Crippen molar-refractivity contribution in [3.63, 3.8) is 0 Å². The van der Waals surface area contributed by atoms with E-state index in [0.29, 0.717) is 33.5 Å². The summed E-state index contributed by atoms with van der Waals surface area (Å²) in [6.07, 6.45) is 3.63. The zero-order chi connectivity index (χ0) is 13.4. The fraction of sp³-hybridized carbons (Fsp3) is 0.286. The summed E-state index contributed by atoms with van der Waals surface area (Å²) < 4.78 is 5.21. The van der Waals surface area contributed by atoms with Crippen LogP contribution in [0.5, 0.6) is 0 Å². The number of halogens is 1. The van der Waals surface area contributed by atoms with E-state index in [1.165, 1.54) is 6.20 Å². The van der Waals surface area contributed by atoms with Gasteiger partial charge in [-0.2, -0.15) is 0 Å². The lowest BCUT2D eigenvalue weighted by atomic mass is 10.0. The molecule has 0 bridgehead atoms. The molecule has 1 N–H and O–H groups in total. The van der Waals surface area contributed by atoms with Gasteiger partial charge in [0.15, 0.2) is 11.5 Å². The first-order valence-corrected chi connectivity index (χ1v) is 6.55. The van der Waals surface area contributed by atoms with Crippen LogP contribution in [0, 0.1) is 0 Å². The maximum atomic E-state index is 12.6. The van der Waals surface area contributed by atoms with Gasteiger partial charge in [0, 0.05) is 29.2 Å². The molecule has 1 aromatic carbocycles. The Morgan fingerprint density at radius 3 is 2.89 bits per heavy atom. The Kier molecular flexibility index (Phi) is 3.03. The summed E-state index contributed by atoms with van der Waals surface area (Å²) in [5.41, 5.74) is 1.85. The Labute approximate surface area is 115 Å². The van der Waals surface area contributed by atoms with Crippen molar-refractivity contribution in [1.82, 2.24) is 5.16 Å². The maximum absolute atomic E-state index is 12.6. The summed E-state index contributed by atoms with van der Waals surface area (Å²) in [4.78, 5) is 12.6. The topological polar surface area (TPSA) is 55.1 Å². The van der Waals surface area contributed by atoms with Crippen molar-refractivity contribution in [2.45, 2.75) is 18.8 Å². The second-order valence-electron chi connectivity index (χ2n) is 4.65. The smallest absolute Gasteiger partial charge is 0.200 e. The molecule has 0 saturated heterocycles. The number of ketones is 1. The molecule has 0 spiro atoms. The Morgan fingerprint density at radius 2 is 2.21 bits per heavy atom. The van der Waals surface area contributed by atoms with Crippen LogP contribution in [0.2, 0.25) is 5.02 Å². The van der Waals surface area contributed by atoms with Crippen molar-refractivity contribution in [1.29, 1.82) is 0 Å². The van der Waals surface area contributed by atoms with E-state index in [2.05, 4.69) is 10.5 Å². The summed E-state index contributed by atoms with van der Waals surface area (Å²) in [5, 5.41) is 7.34. The Morgan fingerprint density at radius 1 is 1.42 bits per heavy atom. The summed E-state index contributed by atoms with van der Waals surface area (Å²) in [6.45, 7) is 0. The normalized spacial score (nSPS) is 14.4. The van der Waals surface area contributed by atoms with Crippen molar-refractivity contribution >= 4 is 23.1 Å². The molecule has 1 saturated carbocycles. The minimum Gasteiger partial charge on any atom is -0.387 e. The Hall–Kier alpha value is -1.81. The third-order valence-corrected chi connectivity index (χ3v) is 3.52. The number of rotatable bonds is 4. The highest BCUT2D eigenvalue weighted by Crippen LogP contribution is 2.42. The standard InChI is InChI=1S/C14H13ClN2O2/c1-16-12-6-9(15)4-5-10(12)13(18)11-7-17-19-14(11)8-2-3-8/h4-8,16H,2-3H2,1H3. The molecule has 98 valence electrons. The molecular formula is C14H13ClN2O2. The number of nitrogens with one attached hydrogen (secondary N) is 1. The second kappa shape index (κ2) is 4.70. The zero-order valence-electron chi connectivity index (χ0n) is 10.4. The summed E-state index contributed by atoms with van der Waals surface area (Å²) >= 11 is 5.93. The van der Waals surface area contributed by atoms with Gasteiger partial charge in [-0.1, -0.05) is 16.8 Å². The zero-order valence-corrected chi connectivity index (χ0v) is 11.2. The predicted molar refractivity (Wildman–Crippen MR) is 72.9 cm³/mol. The number of anilines is 1. The van der Waals surface area contributed by atoms with Gasteiger partial charge in [0.1, 0.15) is 0 Å². The third kappa shape index (κ3) is 2.24. The average molecular weight is 277 g/mol. The molecule has 0 unspecified atom stereocenters. The van der Waals surface area contributed by atoms with Gasteiger partial charge in [-0.15, -0.1) is 0 Å². The molecule has 1 fully saturated rings. The minimum atomic E-state index is -0.0795. The fourth-order valence-corrected chi connectivity index (χ4v) is 2.30. The van der Waals surface area contributed by atoms with E-state index in [0.717, 1.165) is 12.8 Å². The molecule has 0 atom stereocenters. The SMILES string of the molecule is CNc1cc(Cl)ccc1C(=O)c1cnoc1C1CC1. The molecule has 0 radical (unpaired) electrons. The molecular weight excluding hydrogens is 264 g/mol. The highest BCUT2D eigenvalue weighted by atomic mass is 35.5. The summed E-state index contributed by atoms with van der Waals surface area (Å²) in [5.74, 6) is 0.984. The molecule has 19 heavy (non-hydrogen) atoms. The highest BCUT2D eigenvalue weighted by molar-refractivity contribution is 6.31. The first-order chi connectivity index (χ1) is 9.20. The third-order valence-electron chi connectivity index (χ3n) is 3.29. The van der Waals surface area contributed by atoms with Gasteiger partial charge in [-0.05, 0) is 31.0 Å². The monoisotopic (exact) mass is 276 g/mol. The molecule has 4 nitrogen and oxygen atoms in total. The lowest BCUT2D eigenvalue weighted by Crippen LogP contribution is -2.06. The fourth-order valence-electron chi connectivity index (χ4n) is 2.13. The molecule has 5 heteroatoms. The van der Waals surface area contributed by atoms with Crippen LogP contribution in [-0.4, -0.2) is 18.0 Å². The number of carbonyl (C=O) groups excluding carboxylic acids is 1. The van der Waals surface area contributed by atoms with E-state index in [4.69, 9.17) is 16.1 Å². The first kappa shape index (κ1) is 12.2. The Balaban J connectivity index is 2.01. The van der Waals surface area contributed by atoms with Gasteiger partial charge in [-0.25, -0.2) is 0 Å². The van der Waals surface area contributed by atoms with E-state index in [1.54, 1.807) is 25.2 Å². The molecule has 1 aromatic heterocycles. The average Bonchev–Trinajstić information content (AvgIpc) is 3.15. The second-order valence-corrected chi connectivity index (χ2v) is 5.08. The number of carbonyl (C=O) groups is 1. The van der Waals surface area contributed by atoms with E-state index in [1.807, 2.05) is 0 Å². The van der Waals surface area contributed by atoms with Crippen LogP contribution in [0.3, 0.4) is 0 Å². The highest BCUT2D eigenvalue weighted by Gasteiger charge is 2.33. The lowest BCUT2D eigenvalue weighted by molar-refractivity contribution is 0.103. The van der Waals surface area contributed by atoms with E-state index >= 15 is 0 Å². The van der Waals surface area contributed by atoms with Crippen LogP contribution < -0.4 is 5.32 Å². The molecule has 2 aromatic rings. The van der Waals surface area contributed by atoms with Crippen LogP contribution in [0.4, 0.5) is 5.69 Å². The number of aromatic nitrogens is 1. The molecule has 0 aliphatic heterocycles. The van der Waals surface area contributed by atoms with Gasteiger partial charge >= 0.3 is 0 Å². The van der Waals surface area contributed by atoms with Gasteiger partial charge in [0.25, 0.3) is 0 Å².